The number of sulfone groups is 1. The zero-order valence-corrected chi connectivity index (χ0v) is 18.1. The molecule has 6 nitrogen and oxygen atoms in total. The first-order valence-corrected chi connectivity index (χ1v) is 11.7. The van der Waals surface area contributed by atoms with E-state index in [1.165, 1.54) is 16.8 Å². The SMILES string of the molecule is O=c1c2ccccc2c(-c2ccc(O)cc2)nn1-c1ccc(S(=O)(=O)c2ccccc2)cc1. The van der Waals surface area contributed by atoms with E-state index in [-0.39, 0.29) is 21.1 Å². The van der Waals surface area contributed by atoms with E-state index < -0.39 is 9.84 Å². The minimum atomic E-state index is -3.67. The summed E-state index contributed by atoms with van der Waals surface area (Å²) in [6.07, 6.45) is 0. The summed E-state index contributed by atoms with van der Waals surface area (Å²) in [5, 5.41) is 15.4. The predicted molar refractivity (Wildman–Crippen MR) is 126 cm³/mol. The van der Waals surface area contributed by atoms with Gasteiger partial charge in [0.25, 0.3) is 5.56 Å². The van der Waals surface area contributed by atoms with Crippen LogP contribution in [0.1, 0.15) is 0 Å². The standard InChI is InChI=1S/C26H18N2O4S/c29-20-14-10-18(11-15-20)25-23-8-4-5-9-24(23)26(30)28(27-25)19-12-16-22(17-13-19)33(31,32)21-6-2-1-3-7-21/h1-17,29H. The van der Waals surface area contributed by atoms with Gasteiger partial charge in [-0.3, -0.25) is 4.79 Å². The fraction of sp³-hybridized carbons (Fsp3) is 0. The number of benzene rings is 4. The van der Waals surface area contributed by atoms with Gasteiger partial charge in [-0.05, 0) is 66.7 Å². The van der Waals surface area contributed by atoms with Gasteiger partial charge in [0.1, 0.15) is 5.75 Å². The Hall–Kier alpha value is -4.23. The lowest BCUT2D eigenvalue weighted by Gasteiger charge is -2.12. The minimum absolute atomic E-state index is 0.130. The number of rotatable bonds is 4. The van der Waals surface area contributed by atoms with Crippen LogP contribution in [-0.4, -0.2) is 23.3 Å². The zero-order chi connectivity index (χ0) is 23.0. The second-order valence-corrected chi connectivity index (χ2v) is 9.42. The Kier molecular flexibility index (Phi) is 5.03. The third kappa shape index (κ3) is 3.68. The molecule has 0 amide bonds. The molecule has 0 saturated carbocycles. The Bertz CT molecular complexity index is 1630. The molecule has 4 aromatic carbocycles. The Morgan fingerprint density at radius 3 is 1.91 bits per heavy atom. The molecule has 7 heteroatoms. The van der Waals surface area contributed by atoms with Crippen LogP contribution in [0.15, 0.2) is 118 Å². The molecule has 0 aliphatic rings. The van der Waals surface area contributed by atoms with E-state index in [0.717, 1.165) is 5.56 Å². The monoisotopic (exact) mass is 454 g/mol. The molecular weight excluding hydrogens is 436 g/mol. The van der Waals surface area contributed by atoms with Crippen LogP contribution in [0.4, 0.5) is 0 Å². The van der Waals surface area contributed by atoms with E-state index in [0.29, 0.717) is 22.2 Å². The largest absolute Gasteiger partial charge is 0.508 e. The van der Waals surface area contributed by atoms with Gasteiger partial charge in [0.15, 0.2) is 0 Å². The normalized spacial score (nSPS) is 11.5. The van der Waals surface area contributed by atoms with Crippen molar-refractivity contribution in [2.45, 2.75) is 9.79 Å². The average Bonchev–Trinajstić information content (AvgIpc) is 2.86. The summed E-state index contributed by atoms with van der Waals surface area (Å²) in [5.74, 6) is 0.131. The fourth-order valence-corrected chi connectivity index (χ4v) is 4.98. The highest BCUT2D eigenvalue weighted by atomic mass is 32.2. The number of phenolic OH excluding ortho intramolecular Hbond substituents is 1. The average molecular weight is 455 g/mol. The highest BCUT2D eigenvalue weighted by Crippen LogP contribution is 2.27. The van der Waals surface area contributed by atoms with Crippen molar-refractivity contribution in [3.05, 3.63) is 113 Å². The third-order valence-electron chi connectivity index (χ3n) is 5.39. The van der Waals surface area contributed by atoms with Crippen LogP contribution in [0.25, 0.3) is 27.7 Å². The minimum Gasteiger partial charge on any atom is -0.508 e. The van der Waals surface area contributed by atoms with Crippen molar-refractivity contribution in [3.8, 4) is 22.7 Å². The maximum absolute atomic E-state index is 13.2. The Balaban J connectivity index is 1.66. The van der Waals surface area contributed by atoms with Crippen molar-refractivity contribution in [3.63, 3.8) is 0 Å². The topological polar surface area (TPSA) is 89.3 Å². The second-order valence-electron chi connectivity index (χ2n) is 7.47. The molecule has 1 aromatic heterocycles. The molecule has 1 N–H and O–H groups in total. The maximum atomic E-state index is 13.2. The summed E-state index contributed by atoms with van der Waals surface area (Å²) in [4.78, 5) is 13.5. The van der Waals surface area contributed by atoms with Crippen molar-refractivity contribution in [2.75, 3.05) is 0 Å². The number of aromatic nitrogens is 2. The Morgan fingerprint density at radius 2 is 1.24 bits per heavy atom. The Morgan fingerprint density at radius 1 is 0.667 bits per heavy atom. The van der Waals surface area contributed by atoms with Crippen LogP contribution in [0.3, 0.4) is 0 Å². The van der Waals surface area contributed by atoms with Gasteiger partial charge in [-0.15, -0.1) is 0 Å². The number of fused-ring (bicyclic) bond motifs is 1. The maximum Gasteiger partial charge on any atom is 0.279 e. The van der Waals surface area contributed by atoms with E-state index >= 15 is 0 Å². The first-order valence-electron chi connectivity index (χ1n) is 10.2. The van der Waals surface area contributed by atoms with Crippen LogP contribution in [0, 0.1) is 0 Å². The molecule has 0 radical (unpaired) electrons. The van der Waals surface area contributed by atoms with Crippen LogP contribution >= 0.6 is 0 Å². The number of nitrogens with zero attached hydrogens (tertiary/aromatic N) is 2. The quantitative estimate of drug-likeness (QED) is 0.429. The van der Waals surface area contributed by atoms with Gasteiger partial charge in [0.05, 0.1) is 26.6 Å². The predicted octanol–water partition coefficient (Wildman–Crippen LogP) is 4.59. The van der Waals surface area contributed by atoms with Gasteiger partial charge in [-0.25, -0.2) is 8.42 Å². The fourth-order valence-electron chi connectivity index (χ4n) is 3.70. The van der Waals surface area contributed by atoms with Crippen molar-refractivity contribution in [2.24, 2.45) is 0 Å². The van der Waals surface area contributed by atoms with E-state index in [9.17, 15) is 18.3 Å². The molecular formula is C26H18N2O4S. The molecule has 0 atom stereocenters. The molecule has 162 valence electrons. The van der Waals surface area contributed by atoms with Gasteiger partial charge in [0.2, 0.25) is 9.84 Å². The number of hydrogen-bond acceptors (Lipinski definition) is 5. The molecule has 0 aliphatic heterocycles. The molecule has 5 rings (SSSR count). The molecule has 0 fully saturated rings. The van der Waals surface area contributed by atoms with Crippen LogP contribution in [0.5, 0.6) is 5.75 Å². The molecule has 0 unspecified atom stereocenters. The zero-order valence-electron chi connectivity index (χ0n) is 17.3. The van der Waals surface area contributed by atoms with Crippen LogP contribution in [-0.2, 0) is 9.84 Å². The van der Waals surface area contributed by atoms with E-state index in [1.54, 1.807) is 78.9 Å². The van der Waals surface area contributed by atoms with Gasteiger partial charge in [-0.2, -0.15) is 9.78 Å². The van der Waals surface area contributed by atoms with Gasteiger partial charge in [-0.1, -0.05) is 36.4 Å². The van der Waals surface area contributed by atoms with Crippen LogP contribution < -0.4 is 5.56 Å². The van der Waals surface area contributed by atoms with Crippen molar-refractivity contribution in [1.29, 1.82) is 0 Å². The lowest BCUT2D eigenvalue weighted by atomic mass is 10.0. The summed E-state index contributed by atoms with van der Waals surface area (Å²) in [6, 6.07) is 28.0. The highest BCUT2D eigenvalue weighted by molar-refractivity contribution is 7.91. The number of phenols is 1. The molecule has 0 aliphatic carbocycles. The smallest absolute Gasteiger partial charge is 0.279 e. The third-order valence-corrected chi connectivity index (χ3v) is 7.18. The van der Waals surface area contributed by atoms with Gasteiger partial charge < -0.3 is 5.11 Å². The van der Waals surface area contributed by atoms with E-state index in [4.69, 9.17) is 0 Å². The summed E-state index contributed by atoms with van der Waals surface area (Å²) < 4.78 is 27.0. The lowest BCUT2D eigenvalue weighted by Crippen LogP contribution is -2.22. The van der Waals surface area contributed by atoms with E-state index in [1.807, 2.05) is 12.1 Å². The number of hydrogen-bond donors (Lipinski definition) is 1. The van der Waals surface area contributed by atoms with Crippen molar-refractivity contribution < 1.29 is 13.5 Å². The molecule has 33 heavy (non-hydrogen) atoms. The Labute approximate surface area is 189 Å². The summed E-state index contributed by atoms with van der Waals surface area (Å²) in [6.45, 7) is 0. The van der Waals surface area contributed by atoms with Crippen molar-refractivity contribution >= 4 is 20.6 Å². The molecule has 0 spiro atoms. The highest BCUT2D eigenvalue weighted by Gasteiger charge is 2.18. The number of aromatic hydroxyl groups is 1. The molecule has 5 aromatic rings. The first kappa shape index (κ1) is 20.7. The molecule has 1 heterocycles. The lowest BCUT2D eigenvalue weighted by molar-refractivity contribution is 0.475. The first-order chi connectivity index (χ1) is 15.9. The summed E-state index contributed by atoms with van der Waals surface area (Å²) >= 11 is 0. The van der Waals surface area contributed by atoms with Gasteiger partial charge >= 0.3 is 0 Å². The molecule has 0 saturated heterocycles. The van der Waals surface area contributed by atoms with Gasteiger partial charge in [0, 0.05) is 10.9 Å². The second kappa shape index (κ2) is 8.03. The van der Waals surface area contributed by atoms with Crippen LogP contribution in [0.2, 0.25) is 0 Å². The summed E-state index contributed by atoms with van der Waals surface area (Å²) in [5.41, 5.74) is 1.44. The molecule has 0 bridgehead atoms. The van der Waals surface area contributed by atoms with Crippen molar-refractivity contribution in [1.82, 2.24) is 9.78 Å². The van der Waals surface area contributed by atoms with E-state index in [2.05, 4.69) is 5.10 Å². The summed E-state index contributed by atoms with van der Waals surface area (Å²) in [7, 11) is -3.67.